The van der Waals surface area contributed by atoms with Gasteiger partial charge in [-0.15, -0.1) is 10.2 Å². The molecule has 2 rings (SSSR count). The van der Waals surface area contributed by atoms with Gasteiger partial charge in [0.05, 0.1) is 0 Å². The number of aryl methyl sites for hydroxylation is 3. The van der Waals surface area contributed by atoms with Crippen molar-refractivity contribution in [1.82, 2.24) is 10.2 Å². The molecule has 0 aliphatic heterocycles. The molecule has 0 saturated carbocycles. The number of ether oxygens (including phenoxy) is 1. The average molecular weight is 390 g/mol. The summed E-state index contributed by atoms with van der Waals surface area (Å²) in [4.78, 5) is 35.3. The summed E-state index contributed by atoms with van der Waals surface area (Å²) in [6.07, 6.45) is 0.531. The fourth-order valence-corrected chi connectivity index (χ4v) is 2.89. The molecule has 1 aromatic heterocycles. The second-order valence-electron chi connectivity index (χ2n) is 6.06. The van der Waals surface area contributed by atoms with Gasteiger partial charge in [0.25, 0.3) is 5.91 Å². The van der Waals surface area contributed by atoms with Crippen LogP contribution in [0.4, 0.5) is 10.8 Å². The second-order valence-corrected chi connectivity index (χ2v) is 7.24. The Hall–Kier alpha value is -2.81. The van der Waals surface area contributed by atoms with Crippen molar-refractivity contribution in [3.8, 4) is 0 Å². The molecular weight excluding hydrogens is 368 g/mol. The van der Waals surface area contributed by atoms with Crippen molar-refractivity contribution >= 4 is 39.9 Å². The number of hydrogen-bond donors (Lipinski definition) is 2. The Morgan fingerprint density at radius 3 is 2.48 bits per heavy atom. The summed E-state index contributed by atoms with van der Waals surface area (Å²) in [5.74, 6) is -1.17. The van der Waals surface area contributed by atoms with Crippen molar-refractivity contribution in [3.63, 3.8) is 0 Å². The molecule has 0 radical (unpaired) electrons. The van der Waals surface area contributed by atoms with Gasteiger partial charge in [-0.2, -0.15) is 0 Å². The normalized spacial score (nSPS) is 10.3. The highest BCUT2D eigenvalue weighted by Crippen LogP contribution is 2.16. The van der Waals surface area contributed by atoms with E-state index in [-0.39, 0.29) is 25.4 Å². The van der Waals surface area contributed by atoms with Crippen molar-refractivity contribution in [1.29, 1.82) is 0 Å². The topological polar surface area (TPSA) is 110 Å². The van der Waals surface area contributed by atoms with Crippen LogP contribution in [-0.4, -0.2) is 34.6 Å². The number of benzene rings is 1. The van der Waals surface area contributed by atoms with E-state index in [1.807, 2.05) is 32.0 Å². The molecule has 2 amide bonds. The summed E-state index contributed by atoms with van der Waals surface area (Å²) in [6, 6.07) is 5.65. The van der Waals surface area contributed by atoms with E-state index in [1.54, 1.807) is 6.92 Å². The number of anilines is 2. The number of esters is 1. The largest absolute Gasteiger partial charge is 0.456 e. The van der Waals surface area contributed by atoms with Crippen LogP contribution in [0.3, 0.4) is 0 Å². The van der Waals surface area contributed by atoms with Gasteiger partial charge >= 0.3 is 5.97 Å². The average Bonchev–Trinajstić information content (AvgIpc) is 3.00. The number of nitrogens with one attached hydrogen (secondary N) is 2. The number of aromatic nitrogens is 2. The Morgan fingerprint density at radius 2 is 1.81 bits per heavy atom. The van der Waals surface area contributed by atoms with E-state index in [0.29, 0.717) is 17.2 Å². The number of carbonyl (C=O) groups excluding carboxylic acids is 3. The van der Waals surface area contributed by atoms with Crippen LogP contribution >= 0.6 is 11.3 Å². The highest BCUT2D eigenvalue weighted by Gasteiger charge is 2.11. The Bertz CT molecular complexity index is 835. The molecule has 0 aliphatic rings. The van der Waals surface area contributed by atoms with E-state index >= 15 is 0 Å². The Kier molecular flexibility index (Phi) is 7.42. The molecule has 0 unspecified atom stereocenters. The predicted molar refractivity (Wildman–Crippen MR) is 103 cm³/mol. The van der Waals surface area contributed by atoms with Gasteiger partial charge in [-0.05, 0) is 38.8 Å². The Morgan fingerprint density at radius 1 is 1.04 bits per heavy atom. The number of hydrogen-bond acceptors (Lipinski definition) is 7. The van der Waals surface area contributed by atoms with E-state index < -0.39 is 11.9 Å². The van der Waals surface area contributed by atoms with Crippen LogP contribution in [-0.2, 0) is 19.1 Å². The van der Waals surface area contributed by atoms with Gasteiger partial charge in [-0.25, -0.2) is 0 Å². The van der Waals surface area contributed by atoms with Crippen LogP contribution in [0.2, 0.25) is 0 Å². The van der Waals surface area contributed by atoms with Crippen molar-refractivity contribution in [2.75, 3.05) is 17.2 Å². The van der Waals surface area contributed by atoms with E-state index in [9.17, 15) is 14.4 Å². The third kappa shape index (κ3) is 7.14. The van der Waals surface area contributed by atoms with Gasteiger partial charge in [0.1, 0.15) is 5.01 Å². The van der Waals surface area contributed by atoms with Crippen molar-refractivity contribution in [3.05, 3.63) is 34.3 Å². The zero-order chi connectivity index (χ0) is 19.8. The van der Waals surface area contributed by atoms with E-state index in [0.717, 1.165) is 16.1 Å². The molecule has 9 heteroatoms. The van der Waals surface area contributed by atoms with Gasteiger partial charge in [0.15, 0.2) is 6.61 Å². The number of rotatable bonds is 8. The molecule has 144 valence electrons. The molecule has 1 heterocycles. The lowest BCUT2D eigenvalue weighted by Crippen LogP contribution is -2.21. The first-order valence-electron chi connectivity index (χ1n) is 8.46. The predicted octanol–water partition coefficient (Wildman–Crippen LogP) is 2.75. The maximum Gasteiger partial charge on any atom is 0.306 e. The SMILES string of the molecule is Cc1ccc(NC(=O)COC(=O)CCCC(=O)Nc2nnc(C)s2)c(C)c1. The van der Waals surface area contributed by atoms with Gasteiger partial charge in [-0.3, -0.25) is 14.4 Å². The highest BCUT2D eigenvalue weighted by atomic mass is 32.1. The molecule has 1 aromatic carbocycles. The fraction of sp³-hybridized carbons (Fsp3) is 0.389. The maximum atomic E-state index is 11.9. The standard InChI is InChI=1S/C18H22N4O4S/c1-11-7-8-14(12(2)9-11)19-16(24)10-26-17(25)6-4-5-15(23)20-18-22-21-13(3)27-18/h7-9H,4-6,10H2,1-3H3,(H,19,24)(H,20,22,23). The number of amides is 2. The Balaban J connectivity index is 1.63. The summed E-state index contributed by atoms with van der Waals surface area (Å²) in [5, 5.41) is 14.1. The molecule has 2 aromatic rings. The Labute approximate surface area is 161 Å². The first-order valence-corrected chi connectivity index (χ1v) is 9.28. The molecule has 0 spiro atoms. The van der Waals surface area contributed by atoms with Crippen LogP contribution in [0.15, 0.2) is 18.2 Å². The minimum absolute atomic E-state index is 0.0550. The lowest BCUT2D eigenvalue weighted by atomic mass is 10.1. The molecule has 27 heavy (non-hydrogen) atoms. The molecule has 0 aliphatic carbocycles. The third-order valence-electron chi connectivity index (χ3n) is 3.58. The van der Waals surface area contributed by atoms with Crippen molar-refractivity contribution < 1.29 is 19.1 Å². The lowest BCUT2D eigenvalue weighted by Gasteiger charge is -2.09. The number of carbonyl (C=O) groups is 3. The molecule has 0 saturated heterocycles. The van der Waals surface area contributed by atoms with Crippen LogP contribution in [0.1, 0.15) is 35.4 Å². The number of nitrogens with zero attached hydrogens (tertiary/aromatic N) is 2. The first kappa shape index (κ1) is 20.5. The summed E-state index contributed by atoms with van der Waals surface area (Å²) in [6.45, 7) is 5.29. The minimum atomic E-state index is -0.523. The zero-order valence-corrected chi connectivity index (χ0v) is 16.3. The first-order chi connectivity index (χ1) is 12.8. The van der Waals surface area contributed by atoms with E-state index in [1.165, 1.54) is 11.3 Å². The van der Waals surface area contributed by atoms with Crippen LogP contribution in [0.25, 0.3) is 0 Å². The molecular formula is C18H22N4O4S. The quantitative estimate of drug-likeness (QED) is 0.671. The second kappa shape index (κ2) is 9.77. The minimum Gasteiger partial charge on any atom is -0.456 e. The maximum absolute atomic E-state index is 11.9. The van der Waals surface area contributed by atoms with Gasteiger partial charge < -0.3 is 15.4 Å². The van der Waals surface area contributed by atoms with Crippen LogP contribution in [0.5, 0.6) is 0 Å². The zero-order valence-electron chi connectivity index (χ0n) is 15.5. The van der Waals surface area contributed by atoms with Crippen LogP contribution in [0, 0.1) is 20.8 Å². The highest BCUT2D eigenvalue weighted by molar-refractivity contribution is 7.15. The van der Waals surface area contributed by atoms with Gasteiger partial charge in [-0.1, -0.05) is 29.0 Å². The molecule has 0 fully saturated rings. The molecule has 0 bridgehead atoms. The lowest BCUT2D eigenvalue weighted by molar-refractivity contribution is -0.147. The van der Waals surface area contributed by atoms with Crippen molar-refractivity contribution in [2.24, 2.45) is 0 Å². The molecule has 2 N–H and O–H groups in total. The van der Waals surface area contributed by atoms with Crippen molar-refractivity contribution in [2.45, 2.75) is 40.0 Å². The van der Waals surface area contributed by atoms with Gasteiger partial charge in [0.2, 0.25) is 11.0 Å². The fourth-order valence-electron chi connectivity index (χ4n) is 2.28. The summed E-state index contributed by atoms with van der Waals surface area (Å²) in [7, 11) is 0. The van der Waals surface area contributed by atoms with E-state index in [4.69, 9.17) is 4.74 Å². The molecule has 0 atom stereocenters. The monoisotopic (exact) mass is 390 g/mol. The van der Waals surface area contributed by atoms with Gasteiger partial charge in [0, 0.05) is 18.5 Å². The smallest absolute Gasteiger partial charge is 0.306 e. The van der Waals surface area contributed by atoms with Crippen LogP contribution < -0.4 is 10.6 Å². The third-order valence-corrected chi connectivity index (χ3v) is 4.33. The summed E-state index contributed by atoms with van der Waals surface area (Å²) < 4.78 is 4.94. The summed E-state index contributed by atoms with van der Waals surface area (Å²) >= 11 is 1.28. The molecule has 8 nitrogen and oxygen atoms in total. The summed E-state index contributed by atoms with van der Waals surface area (Å²) in [5.41, 5.74) is 2.72. The van der Waals surface area contributed by atoms with E-state index in [2.05, 4.69) is 20.8 Å².